The van der Waals surface area contributed by atoms with Crippen LogP contribution in [0.15, 0.2) is 131 Å². The third-order valence-corrected chi connectivity index (χ3v) is 19.7. The van der Waals surface area contributed by atoms with Gasteiger partial charge < -0.3 is 94.9 Å². The van der Waals surface area contributed by atoms with Crippen LogP contribution in [0.1, 0.15) is 108 Å². The molecule has 5 aromatic carbocycles. The van der Waals surface area contributed by atoms with Gasteiger partial charge >= 0.3 is 0 Å². The number of rotatable bonds is 38. The van der Waals surface area contributed by atoms with Gasteiger partial charge in [-0.05, 0) is 134 Å². The molecule has 0 saturated carbocycles. The minimum absolute atomic E-state index is 0.0388. The molecule has 31 nitrogen and oxygen atoms in total. The zero-order valence-electron chi connectivity index (χ0n) is 62.9. The number of aliphatic imine (C=N–C) groups is 2. The Bertz CT molecular complexity index is 4310. The molecule has 3 aliphatic rings. The van der Waals surface area contributed by atoms with Gasteiger partial charge in [0.1, 0.15) is 66.2 Å². The molecule has 4 heterocycles. The van der Waals surface area contributed by atoms with E-state index in [1.165, 1.54) is 43.0 Å². The van der Waals surface area contributed by atoms with Crippen LogP contribution < -0.4 is 74.9 Å². The smallest absolute Gasteiger partial charge is 0.245 e. The summed E-state index contributed by atoms with van der Waals surface area (Å²) in [5.74, 6) is -7.72. The van der Waals surface area contributed by atoms with Gasteiger partial charge in [-0.1, -0.05) is 110 Å². The van der Waals surface area contributed by atoms with Crippen molar-refractivity contribution in [3.8, 4) is 5.75 Å². The lowest BCUT2D eigenvalue weighted by molar-refractivity contribution is -0.142. The first-order valence-corrected chi connectivity index (χ1v) is 38.3. The molecule has 0 radical (unpaired) electrons. The number of nitrogens with one attached hydrogen (secondary N) is 14. The number of phenols is 1. The first-order chi connectivity index (χ1) is 53.4. The van der Waals surface area contributed by atoms with Crippen molar-refractivity contribution in [2.45, 2.75) is 172 Å². The summed E-state index contributed by atoms with van der Waals surface area (Å²) in [7, 11) is 0. The van der Waals surface area contributed by atoms with Gasteiger partial charge in [-0.2, -0.15) is 0 Å². The number of aromatic nitrogens is 1. The quantitative estimate of drug-likeness (QED) is 0.0243. The molecule has 9 rings (SSSR count). The molecular weight excluding hydrogens is 1440 g/mol. The topological polar surface area (TPSA) is 454 Å². The molecule has 10 atom stereocenters. The minimum Gasteiger partial charge on any atom is -0.508 e. The molecule has 111 heavy (non-hydrogen) atoms. The van der Waals surface area contributed by atoms with E-state index in [2.05, 4.69) is 84.1 Å². The molecule has 0 bridgehead atoms. The molecule has 1 fully saturated rings. The summed E-state index contributed by atoms with van der Waals surface area (Å²) < 4.78 is 0. The molecule has 0 spiro atoms. The largest absolute Gasteiger partial charge is 0.508 e. The molecule has 0 aliphatic carbocycles. The highest BCUT2D eigenvalue weighted by Crippen LogP contribution is 2.24. The monoisotopic (exact) mass is 1550 g/mol. The Labute approximate surface area is 649 Å². The van der Waals surface area contributed by atoms with Crippen molar-refractivity contribution >= 4 is 110 Å². The maximum Gasteiger partial charge on any atom is 0.245 e. The SMILES string of the molecule is CC(=O)N[C@H](Cc1ccc2ccccc2c1)C(=O)N[C@H](Cc1ccc(Cl)cc1)C(=O)N[C@H](Cc1c[nH]c2ccccc12)C(=O)N[C@@H](CO)C(=O)N[C@@H](Cc1ccc(O)cc1)C(=O)N[C@H](CCCNC1=NCCCN1)C(=O)N[C@@H](CC(C)C)C(=O)N[C@@H](CCCNC1=NCCCN1)C(=O)N1CCC[C@H]1C(=O)N[C@H](C)C(N)=O. The highest BCUT2D eigenvalue weighted by molar-refractivity contribution is 6.30. The standard InChI is InChI=1S/C79H103ClN18O13/c1-46(2)38-61(70(104)92-60(19-10-32-83-79-86-35-13-36-87-79)77(111)98-37-11-20-67(98)76(110)89-47(3)68(81)102)93-69(103)59(18-9-31-82-78-84-33-12-34-85-78)91-72(106)63(41-50-24-29-56(101)30-25-50)95-75(109)66(45-99)97-74(108)65(43-54-44-88-58-17-8-7-16-57(54)58)96-73(107)64(40-49-22-27-55(80)28-23-49)94-71(105)62(90-48(4)100)42-51-21-26-52-14-5-6-15-53(52)39-51/h5-8,14-17,21-30,39,44,46-47,59-67,88,99,101H,9-13,18-20,31-38,40-43,45H2,1-4H3,(H2,81,102)(H,89,110)(H,90,100)(H,91,106)(H,92,104)(H,93,103)(H,94,105)(H,95,109)(H,96,107)(H,97,108)(H2,82,84,85)(H2,83,86,87)/t47-,59-,60+,61+,62-,63+,64-,65-,66+,67+/m1/s1. The normalized spacial score (nSPS) is 16.5. The number of primary amides is 1. The zero-order valence-corrected chi connectivity index (χ0v) is 63.7. The van der Waals surface area contributed by atoms with E-state index in [4.69, 9.17) is 17.3 Å². The number of amides is 11. The molecule has 32 heteroatoms. The van der Waals surface area contributed by atoms with Crippen molar-refractivity contribution in [1.29, 1.82) is 0 Å². The van der Waals surface area contributed by atoms with E-state index in [9.17, 15) is 43.8 Å². The van der Waals surface area contributed by atoms with Gasteiger partial charge in [0.25, 0.3) is 0 Å². The van der Waals surface area contributed by atoms with E-state index < -0.39 is 132 Å². The van der Waals surface area contributed by atoms with Gasteiger partial charge in [0.2, 0.25) is 65.0 Å². The Morgan fingerprint density at radius 1 is 0.550 bits per heavy atom. The number of H-pyrrole nitrogens is 1. The first-order valence-electron chi connectivity index (χ1n) is 37.9. The van der Waals surface area contributed by atoms with E-state index in [-0.39, 0.29) is 82.5 Å². The summed E-state index contributed by atoms with van der Waals surface area (Å²) in [6, 6.07) is 19.3. The van der Waals surface area contributed by atoms with E-state index in [1.807, 2.05) is 68.4 Å². The van der Waals surface area contributed by atoms with Crippen LogP contribution in [0.4, 0.5) is 0 Å². The van der Waals surface area contributed by atoms with Crippen LogP contribution in [-0.4, -0.2) is 210 Å². The predicted octanol–water partition coefficient (Wildman–Crippen LogP) is 1.31. The van der Waals surface area contributed by atoms with Gasteiger partial charge in [0, 0.05) is 101 Å². The third kappa shape index (κ3) is 25.4. The number of carbonyl (C=O) groups is 11. The average molecular weight is 1550 g/mol. The third-order valence-electron chi connectivity index (χ3n) is 19.4. The molecule has 18 N–H and O–H groups in total. The summed E-state index contributed by atoms with van der Waals surface area (Å²) in [6.45, 7) is 8.71. The number of aromatic amines is 1. The molecular formula is C79H103ClN18O13. The maximum absolute atomic E-state index is 15.2. The lowest BCUT2D eigenvalue weighted by atomic mass is 9.99. The van der Waals surface area contributed by atoms with Crippen molar-refractivity contribution in [2.75, 3.05) is 52.4 Å². The number of phenolic OH excluding ortho intramolecular Hbond substituents is 1. The van der Waals surface area contributed by atoms with Gasteiger partial charge in [-0.3, -0.25) is 62.7 Å². The first kappa shape index (κ1) is 83.7. The summed E-state index contributed by atoms with van der Waals surface area (Å²) in [5, 5.41) is 62.0. The number of hydrogen-bond donors (Lipinski definition) is 17. The molecule has 594 valence electrons. The lowest BCUT2D eigenvalue weighted by Crippen LogP contribution is -2.61. The van der Waals surface area contributed by atoms with Crippen molar-refractivity contribution < 1.29 is 63.0 Å². The number of likely N-dealkylation sites (tertiary alicyclic amines) is 1. The fraction of sp³-hybridized carbons (Fsp3) is 0.456. The number of hydrogen-bond acceptors (Lipinski definition) is 19. The fourth-order valence-electron chi connectivity index (χ4n) is 13.5. The van der Waals surface area contributed by atoms with Crippen LogP contribution in [0.25, 0.3) is 21.7 Å². The second-order valence-electron chi connectivity index (χ2n) is 28.6. The number of fused-ring (bicyclic) bond motifs is 2. The molecule has 3 aliphatic heterocycles. The molecule has 1 saturated heterocycles. The van der Waals surface area contributed by atoms with E-state index >= 15 is 19.2 Å². The number of benzene rings is 5. The Balaban J connectivity index is 0.962. The summed E-state index contributed by atoms with van der Waals surface area (Å²) >= 11 is 6.29. The summed E-state index contributed by atoms with van der Waals surface area (Å²) in [6.07, 6.45) is 4.15. The summed E-state index contributed by atoms with van der Waals surface area (Å²) in [4.78, 5) is 171. The number of aliphatic hydroxyl groups is 1. The van der Waals surface area contributed by atoms with Gasteiger partial charge in [-0.15, -0.1) is 0 Å². The number of aliphatic hydroxyl groups excluding tert-OH is 1. The number of halogens is 1. The molecule has 11 amide bonds. The van der Waals surface area contributed by atoms with Crippen molar-refractivity contribution in [1.82, 2.24) is 79.0 Å². The number of nitrogens with two attached hydrogens (primary N) is 1. The summed E-state index contributed by atoms with van der Waals surface area (Å²) in [5.41, 5.74) is 8.41. The van der Waals surface area contributed by atoms with Crippen molar-refractivity contribution in [2.24, 2.45) is 21.6 Å². The number of para-hydroxylation sites is 1. The Morgan fingerprint density at radius 2 is 1.04 bits per heavy atom. The van der Waals surface area contributed by atoms with Crippen LogP contribution in [-0.2, 0) is 78.4 Å². The number of nitrogens with zero attached hydrogens (tertiary/aromatic N) is 3. The Hall–Kier alpha value is -11.3. The van der Waals surface area contributed by atoms with E-state index in [1.54, 1.807) is 42.6 Å². The highest BCUT2D eigenvalue weighted by Gasteiger charge is 2.41. The predicted molar refractivity (Wildman–Crippen MR) is 420 cm³/mol. The van der Waals surface area contributed by atoms with Crippen molar-refractivity contribution in [3.05, 3.63) is 149 Å². The highest BCUT2D eigenvalue weighted by atomic mass is 35.5. The second kappa shape index (κ2) is 41.5. The number of carbonyl (C=O) groups excluding carboxylic acids is 11. The maximum atomic E-state index is 15.2. The van der Waals surface area contributed by atoms with E-state index in [0.717, 1.165) is 35.7 Å². The average Bonchev–Trinajstić information content (AvgIpc) is 1.75. The minimum atomic E-state index is -1.82. The van der Waals surface area contributed by atoms with Crippen LogP contribution in [0.3, 0.4) is 0 Å². The fourth-order valence-corrected chi connectivity index (χ4v) is 13.6. The van der Waals surface area contributed by atoms with Gasteiger partial charge in [-0.25, -0.2) is 0 Å². The molecule has 1 aromatic heterocycles. The Morgan fingerprint density at radius 3 is 1.61 bits per heavy atom. The molecule has 6 aromatic rings. The van der Waals surface area contributed by atoms with Crippen LogP contribution in [0.5, 0.6) is 5.75 Å². The Kier molecular flexibility index (Phi) is 31.3. The van der Waals surface area contributed by atoms with Crippen LogP contribution in [0, 0.1) is 5.92 Å². The van der Waals surface area contributed by atoms with Gasteiger partial charge in [0.15, 0.2) is 11.9 Å². The zero-order chi connectivity index (χ0) is 79.5. The second-order valence-corrected chi connectivity index (χ2v) is 29.1. The van der Waals surface area contributed by atoms with Gasteiger partial charge in [0.05, 0.1) is 6.61 Å². The van der Waals surface area contributed by atoms with Crippen molar-refractivity contribution in [3.63, 3.8) is 0 Å². The number of guanidine groups is 2. The van der Waals surface area contributed by atoms with Crippen LogP contribution in [0.2, 0.25) is 5.02 Å². The lowest BCUT2D eigenvalue weighted by Gasteiger charge is -2.31. The van der Waals surface area contributed by atoms with E-state index in [0.29, 0.717) is 83.6 Å². The van der Waals surface area contributed by atoms with Crippen LogP contribution >= 0.6 is 11.6 Å². The number of aromatic hydroxyl groups is 1. The molecule has 0 unspecified atom stereocenters.